The van der Waals surface area contributed by atoms with Crippen LogP contribution in [0, 0.1) is 10.1 Å². The number of benzene rings is 1. The van der Waals surface area contributed by atoms with Crippen LogP contribution in [-0.2, 0) is 17.8 Å². The first-order chi connectivity index (χ1) is 9.56. The Morgan fingerprint density at radius 3 is 2.65 bits per heavy atom. The van der Waals surface area contributed by atoms with E-state index in [9.17, 15) is 14.9 Å². The maximum Gasteiger partial charge on any atom is 0.269 e. The fourth-order valence-corrected chi connectivity index (χ4v) is 1.66. The SMILES string of the molecule is CN(Cc1ncn[nH]1)C(=O)Cc1ccc([N+](=O)[O-])cc1. The van der Waals surface area contributed by atoms with Crippen molar-refractivity contribution in [3.05, 3.63) is 52.1 Å². The van der Waals surface area contributed by atoms with E-state index in [1.54, 1.807) is 19.2 Å². The summed E-state index contributed by atoms with van der Waals surface area (Å²) in [5, 5.41) is 16.9. The first kappa shape index (κ1) is 13.7. The molecule has 104 valence electrons. The summed E-state index contributed by atoms with van der Waals surface area (Å²) in [4.78, 5) is 27.5. The molecule has 20 heavy (non-hydrogen) atoms. The van der Waals surface area contributed by atoms with Gasteiger partial charge in [-0.15, -0.1) is 0 Å². The molecule has 0 unspecified atom stereocenters. The Kier molecular flexibility index (Phi) is 4.04. The first-order valence-corrected chi connectivity index (χ1v) is 5.88. The number of hydrogen-bond donors (Lipinski definition) is 1. The van der Waals surface area contributed by atoms with Crippen molar-refractivity contribution in [3.8, 4) is 0 Å². The number of non-ortho nitro benzene ring substituents is 1. The molecule has 1 heterocycles. The minimum Gasteiger partial charge on any atom is -0.338 e. The van der Waals surface area contributed by atoms with E-state index < -0.39 is 4.92 Å². The van der Waals surface area contributed by atoms with Gasteiger partial charge < -0.3 is 4.90 Å². The van der Waals surface area contributed by atoms with E-state index in [0.29, 0.717) is 12.4 Å². The zero-order valence-electron chi connectivity index (χ0n) is 10.8. The van der Waals surface area contributed by atoms with Crippen molar-refractivity contribution in [2.45, 2.75) is 13.0 Å². The molecule has 0 fully saturated rings. The zero-order valence-corrected chi connectivity index (χ0v) is 10.8. The molecule has 2 rings (SSSR count). The lowest BCUT2D eigenvalue weighted by Gasteiger charge is -2.15. The molecule has 0 atom stereocenters. The van der Waals surface area contributed by atoms with E-state index in [4.69, 9.17) is 0 Å². The van der Waals surface area contributed by atoms with Gasteiger partial charge in [0.05, 0.1) is 17.9 Å². The first-order valence-electron chi connectivity index (χ1n) is 5.88. The van der Waals surface area contributed by atoms with Gasteiger partial charge in [0.25, 0.3) is 5.69 Å². The van der Waals surface area contributed by atoms with Gasteiger partial charge in [0.1, 0.15) is 12.2 Å². The highest BCUT2D eigenvalue weighted by molar-refractivity contribution is 5.78. The number of H-pyrrole nitrogens is 1. The Labute approximate surface area is 114 Å². The van der Waals surface area contributed by atoms with Gasteiger partial charge in [0, 0.05) is 19.2 Å². The summed E-state index contributed by atoms with van der Waals surface area (Å²) in [7, 11) is 1.66. The number of aromatic amines is 1. The second-order valence-corrected chi connectivity index (χ2v) is 4.28. The average Bonchev–Trinajstić information content (AvgIpc) is 2.92. The van der Waals surface area contributed by atoms with Gasteiger partial charge in [0.15, 0.2) is 0 Å². The predicted octanol–water partition coefficient (Wildman–Crippen LogP) is 0.914. The molecular formula is C12H13N5O3. The molecule has 8 heteroatoms. The number of likely N-dealkylation sites (N-methyl/N-ethyl adjacent to an activating group) is 1. The van der Waals surface area contributed by atoms with Crippen LogP contribution in [0.15, 0.2) is 30.6 Å². The molecule has 0 saturated heterocycles. The predicted molar refractivity (Wildman–Crippen MR) is 69.7 cm³/mol. The molecule has 0 aliphatic carbocycles. The summed E-state index contributed by atoms with van der Waals surface area (Å²) in [5.41, 5.74) is 0.737. The van der Waals surface area contributed by atoms with Gasteiger partial charge in [0.2, 0.25) is 5.91 Å². The van der Waals surface area contributed by atoms with E-state index in [1.165, 1.54) is 23.4 Å². The van der Waals surface area contributed by atoms with E-state index >= 15 is 0 Å². The van der Waals surface area contributed by atoms with Crippen LogP contribution in [-0.4, -0.2) is 38.0 Å². The Bertz CT molecular complexity index is 594. The van der Waals surface area contributed by atoms with Crippen LogP contribution < -0.4 is 0 Å². The van der Waals surface area contributed by atoms with Crippen molar-refractivity contribution >= 4 is 11.6 Å². The van der Waals surface area contributed by atoms with Crippen molar-refractivity contribution in [2.24, 2.45) is 0 Å². The van der Waals surface area contributed by atoms with Crippen LogP contribution in [0.5, 0.6) is 0 Å². The number of nitrogens with one attached hydrogen (secondary N) is 1. The number of rotatable bonds is 5. The fraction of sp³-hybridized carbons (Fsp3) is 0.250. The molecule has 1 aromatic carbocycles. The summed E-state index contributed by atoms with van der Waals surface area (Å²) >= 11 is 0. The van der Waals surface area contributed by atoms with E-state index in [0.717, 1.165) is 5.56 Å². The van der Waals surface area contributed by atoms with Gasteiger partial charge in [-0.3, -0.25) is 20.0 Å². The zero-order chi connectivity index (χ0) is 14.5. The average molecular weight is 275 g/mol. The third kappa shape index (κ3) is 3.37. The standard InChI is InChI=1S/C12H13N5O3/c1-16(7-11-13-8-14-15-11)12(18)6-9-2-4-10(5-3-9)17(19)20/h2-5,8H,6-7H2,1H3,(H,13,14,15). The summed E-state index contributed by atoms with van der Waals surface area (Å²) in [6.45, 7) is 0.339. The van der Waals surface area contributed by atoms with Crippen molar-refractivity contribution in [2.75, 3.05) is 7.05 Å². The van der Waals surface area contributed by atoms with Crippen molar-refractivity contribution < 1.29 is 9.72 Å². The van der Waals surface area contributed by atoms with Gasteiger partial charge >= 0.3 is 0 Å². The van der Waals surface area contributed by atoms with Crippen LogP contribution in [0.1, 0.15) is 11.4 Å². The highest BCUT2D eigenvalue weighted by Gasteiger charge is 2.12. The lowest BCUT2D eigenvalue weighted by Crippen LogP contribution is -2.28. The Morgan fingerprint density at radius 1 is 1.40 bits per heavy atom. The molecule has 0 aliphatic rings. The Morgan fingerprint density at radius 2 is 2.10 bits per heavy atom. The summed E-state index contributed by atoms with van der Waals surface area (Å²) in [6.07, 6.45) is 1.56. The Balaban J connectivity index is 1.95. The second-order valence-electron chi connectivity index (χ2n) is 4.28. The van der Waals surface area contributed by atoms with Crippen molar-refractivity contribution in [1.29, 1.82) is 0 Å². The number of nitro groups is 1. The number of nitrogens with zero attached hydrogens (tertiary/aromatic N) is 4. The van der Waals surface area contributed by atoms with E-state index in [-0.39, 0.29) is 18.0 Å². The van der Waals surface area contributed by atoms with Gasteiger partial charge in [-0.1, -0.05) is 12.1 Å². The fourth-order valence-electron chi connectivity index (χ4n) is 1.66. The monoisotopic (exact) mass is 275 g/mol. The molecule has 1 N–H and O–H groups in total. The molecule has 0 spiro atoms. The number of amides is 1. The number of aromatic nitrogens is 3. The molecule has 0 aliphatic heterocycles. The largest absolute Gasteiger partial charge is 0.338 e. The highest BCUT2D eigenvalue weighted by atomic mass is 16.6. The maximum atomic E-state index is 12.0. The molecule has 2 aromatic rings. The van der Waals surface area contributed by atoms with Gasteiger partial charge in [-0.2, -0.15) is 5.10 Å². The topological polar surface area (TPSA) is 105 Å². The van der Waals surface area contributed by atoms with Crippen molar-refractivity contribution in [3.63, 3.8) is 0 Å². The van der Waals surface area contributed by atoms with Crippen LogP contribution in [0.25, 0.3) is 0 Å². The normalized spacial score (nSPS) is 10.2. The molecular weight excluding hydrogens is 262 g/mol. The molecule has 1 aromatic heterocycles. The summed E-state index contributed by atoms with van der Waals surface area (Å²) < 4.78 is 0. The number of carbonyl (C=O) groups is 1. The maximum absolute atomic E-state index is 12.0. The molecule has 0 saturated carbocycles. The smallest absolute Gasteiger partial charge is 0.269 e. The van der Waals surface area contributed by atoms with Crippen LogP contribution in [0.2, 0.25) is 0 Å². The quantitative estimate of drug-likeness (QED) is 0.645. The minimum absolute atomic E-state index is 0.0104. The van der Waals surface area contributed by atoms with E-state index in [1.807, 2.05) is 0 Å². The molecule has 1 amide bonds. The summed E-state index contributed by atoms with van der Waals surface area (Å²) in [6, 6.07) is 5.94. The van der Waals surface area contributed by atoms with E-state index in [2.05, 4.69) is 15.2 Å². The number of hydrogen-bond acceptors (Lipinski definition) is 5. The van der Waals surface area contributed by atoms with Crippen LogP contribution in [0.3, 0.4) is 0 Å². The Hall–Kier alpha value is -2.77. The van der Waals surface area contributed by atoms with Crippen LogP contribution in [0.4, 0.5) is 5.69 Å². The lowest BCUT2D eigenvalue weighted by atomic mass is 10.1. The third-order valence-corrected chi connectivity index (χ3v) is 2.78. The minimum atomic E-state index is -0.471. The lowest BCUT2D eigenvalue weighted by molar-refractivity contribution is -0.384. The number of carbonyl (C=O) groups excluding carboxylic acids is 1. The highest BCUT2D eigenvalue weighted by Crippen LogP contribution is 2.13. The molecule has 8 nitrogen and oxygen atoms in total. The third-order valence-electron chi connectivity index (χ3n) is 2.78. The summed E-state index contributed by atoms with van der Waals surface area (Å²) in [5.74, 6) is 0.500. The number of nitro benzene ring substituents is 1. The molecule has 0 radical (unpaired) electrons. The van der Waals surface area contributed by atoms with Crippen LogP contribution >= 0.6 is 0 Å². The second kappa shape index (κ2) is 5.91. The van der Waals surface area contributed by atoms with Gasteiger partial charge in [-0.25, -0.2) is 4.98 Å². The van der Waals surface area contributed by atoms with Gasteiger partial charge in [-0.05, 0) is 5.56 Å². The molecule has 0 bridgehead atoms. The van der Waals surface area contributed by atoms with Crippen molar-refractivity contribution in [1.82, 2.24) is 20.1 Å².